The average molecular weight is 213 g/mol. The average Bonchev–Trinajstić information content (AvgIpc) is 2.16. The number of esters is 1. The van der Waals surface area contributed by atoms with Gasteiger partial charge in [0, 0.05) is 11.6 Å². The summed E-state index contributed by atoms with van der Waals surface area (Å²) in [6.45, 7) is 7.89. The fraction of sp³-hybridized carbons (Fsp3) is 0.750. The lowest BCUT2D eigenvalue weighted by molar-refractivity contribution is -0.139. The molecule has 0 N–H and O–H groups in total. The first-order valence-electron chi connectivity index (χ1n) is 5.44. The SMILES string of the molecule is C=C(C)C(=O)OCCCCC(C)N(C)C. The molecule has 0 aliphatic carbocycles. The van der Waals surface area contributed by atoms with Crippen LogP contribution in [0.4, 0.5) is 0 Å². The third-order valence-corrected chi connectivity index (χ3v) is 2.48. The van der Waals surface area contributed by atoms with Crippen LogP contribution in [-0.2, 0) is 9.53 Å². The smallest absolute Gasteiger partial charge is 0.333 e. The number of carbonyl (C=O) groups excluding carboxylic acids is 1. The summed E-state index contributed by atoms with van der Waals surface area (Å²) in [7, 11) is 4.15. The molecular weight excluding hydrogens is 190 g/mol. The molecule has 0 aromatic rings. The van der Waals surface area contributed by atoms with E-state index < -0.39 is 0 Å². The highest BCUT2D eigenvalue weighted by atomic mass is 16.5. The molecule has 0 radical (unpaired) electrons. The Bertz CT molecular complexity index is 212. The minimum atomic E-state index is -0.282. The van der Waals surface area contributed by atoms with E-state index in [4.69, 9.17) is 4.74 Å². The van der Waals surface area contributed by atoms with Gasteiger partial charge >= 0.3 is 5.97 Å². The monoisotopic (exact) mass is 213 g/mol. The van der Waals surface area contributed by atoms with Gasteiger partial charge in [-0.15, -0.1) is 0 Å². The molecule has 1 atom stereocenters. The summed E-state index contributed by atoms with van der Waals surface area (Å²) in [5, 5.41) is 0. The third kappa shape index (κ3) is 7.14. The first-order valence-corrected chi connectivity index (χ1v) is 5.44. The summed E-state index contributed by atoms with van der Waals surface area (Å²) < 4.78 is 4.99. The first kappa shape index (κ1) is 14.2. The normalized spacial score (nSPS) is 12.6. The summed E-state index contributed by atoms with van der Waals surface area (Å²) in [5.41, 5.74) is 0.469. The van der Waals surface area contributed by atoms with Crippen molar-refractivity contribution >= 4 is 5.97 Å². The fourth-order valence-electron chi connectivity index (χ4n) is 1.09. The van der Waals surface area contributed by atoms with Crippen LogP contribution in [0.25, 0.3) is 0 Å². The maximum Gasteiger partial charge on any atom is 0.333 e. The van der Waals surface area contributed by atoms with Crippen LogP contribution in [-0.4, -0.2) is 37.6 Å². The highest BCUT2D eigenvalue weighted by Gasteiger charge is 2.05. The summed E-state index contributed by atoms with van der Waals surface area (Å²) in [5.74, 6) is -0.282. The van der Waals surface area contributed by atoms with Crippen LogP contribution in [0.1, 0.15) is 33.1 Å². The molecule has 0 saturated carbocycles. The molecular formula is C12H23NO2. The Morgan fingerprint density at radius 1 is 1.40 bits per heavy atom. The number of hydrogen-bond acceptors (Lipinski definition) is 3. The van der Waals surface area contributed by atoms with E-state index in [1.807, 2.05) is 0 Å². The molecule has 0 aromatic heterocycles. The van der Waals surface area contributed by atoms with Gasteiger partial charge < -0.3 is 9.64 Å². The number of rotatable bonds is 7. The van der Waals surface area contributed by atoms with Gasteiger partial charge in [0.1, 0.15) is 0 Å². The molecule has 88 valence electrons. The molecule has 15 heavy (non-hydrogen) atoms. The molecule has 1 unspecified atom stereocenters. The predicted molar refractivity (Wildman–Crippen MR) is 62.8 cm³/mol. The van der Waals surface area contributed by atoms with Crippen LogP contribution in [0.5, 0.6) is 0 Å². The largest absolute Gasteiger partial charge is 0.462 e. The summed E-state index contributed by atoms with van der Waals surface area (Å²) in [6, 6.07) is 0.585. The van der Waals surface area contributed by atoms with Crippen LogP contribution < -0.4 is 0 Å². The van der Waals surface area contributed by atoms with Gasteiger partial charge in [-0.05, 0) is 47.2 Å². The van der Waals surface area contributed by atoms with Crippen molar-refractivity contribution in [2.45, 2.75) is 39.2 Å². The molecule has 0 rings (SSSR count). The lowest BCUT2D eigenvalue weighted by Crippen LogP contribution is -2.24. The van der Waals surface area contributed by atoms with E-state index in [1.54, 1.807) is 6.92 Å². The Morgan fingerprint density at radius 3 is 2.47 bits per heavy atom. The molecule has 0 aliphatic heterocycles. The highest BCUT2D eigenvalue weighted by Crippen LogP contribution is 2.05. The van der Waals surface area contributed by atoms with E-state index in [-0.39, 0.29) is 5.97 Å². The standard InChI is InChI=1S/C12H23NO2/c1-10(2)12(14)15-9-7-6-8-11(3)13(4)5/h11H,1,6-9H2,2-5H3. The molecule has 0 heterocycles. The lowest BCUT2D eigenvalue weighted by Gasteiger charge is -2.19. The molecule has 3 nitrogen and oxygen atoms in total. The quantitative estimate of drug-likeness (QED) is 0.369. The van der Waals surface area contributed by atoms with Gasteiger partial charge in [0.2, 0.25) is 0 Å². The van der Waals surface area contributed by atoms with Gasteiger partial charge in [-0.1, -0.05) is 6.58 Å². The zero-order valence-electron chi connectivity index (χ0n) is 10.4. The minimum absolute atomic E-state index is 0.282. The maximum absolute atomic E-state index is 11.0. The minimum Gasteiger partial charge on any atom is -0.462 e. The Balaban J connectivity index is 3.40. The number of hydrogen-bond donors (Lipinski definition) is 0. The van der Waals surface area contributed by atoms with Crippen LogP contribution in [0, 0.1) is 0 Å². The van der Waals surface area contributed by atoms with E-state index in [0.29, 0.717) is 18.2 Å². The van der Waals surface area contributed by atoms with E-state index >= 15 is 0 Å². The van der Waals surface area contributed by atoms with Gasteiger partial charge in [0.25, 0.3) is 0 Å². The molecule has 3 heteroatoms. The number of carbonyl (C=O) groups is 1. The van der Waals surface area contributed by atoms with Crippen LogP contribution in [0.3, 0.4) is 0 Å². The van der Waals surface area contributed by atoms with Crippen molar-refractivity contribution in [2.75, 3.05) is 20.7 Å². The second kappa shape index (κ2) is 7.46. The van der Waals surface area contributed by atoms with Gasteiger partial charge in [-0.2, -0.15) is 0 Å². The summed E-state index contributed by atoms with van der Waals surface area (Å²) in [6.07, 6.45) is 3.15. The number of ether oxygens (including phenoxy) is 1. The fourth-order valence-corrected chi connectivity index (χ4v) is 1.09. The van der Waals surface area contributed by atoms with E-state index in [0.717, 1.165) is 19.3 Å². The zero-order valence-corrected chi connectivity index (χ0v) is 10.4. The van der Waals surface area contributed by atoms with Gasteiger partial charge in [0.15, 0.2) is 0 Å². The number of nitrogens with zero attached hydrogens (tertiary/aromatic N) is 1. The van der Waals surface area contributed by atoms with Gasteiger partial charge in [-0.3, -0.25) is 0 Å². The van der Waals surface area contributed by atoms with Gasteiger partial charge in [-0.25, -0.2) is 4.79 Å². The highest BCUT2D eigenvalue weighted by molar-refractivity contribution is 5.86. The molecule has 0 aromatic carbocycles. The topological polar surface area (TPSA) is 29.5 Å². The molecule has 0 spiro atoms. The van der Waals surface area contributed by atoms with E-state index in [1.165, 1.54) is 0 Å². The molecule has 0 aliphatic rings. The number of unbranched alkanes of at least 4 members (excludes halogenated alkanes) is 1. The first-order chi connectivity index (χ1) is 6.95. The van der Waals surface area contributed by atoms with Crippen LogP contribution >= 0.6 is 0 Å². The van der Waals surface area contributed by atoms with Crippen molar-refractivity contribution in [3.8, 4) is 0 Å². The molecule has 0 fully saturated rings. The van der Waals surface area contributed by atoms with E-state index in [2.05, 4.69) is 32.5 Å². The van der Waals surface area contributed by atoms with Crippen molar-refractivity contribution in [3.05, 3.63) is 12.2 Å². The second-order valence-electron chi connectivity index (χ2n) is 4.22. The Hall–Kier alpha value is -0.830. The van der Waals surface area contributed by atoms with Crippen LogP contribution in [0.2, 0.25) is 0 Å². The Morgan fingerprint density at radius 2 is 2.00 bits per heavy atom. The Kier molecular flexibility index (Phi) is 7.05. The van der Waals surface area contributed by atoms with Crippen molar-refractivity contribution < 1.29 is 9.53 Å². The molecule has 0 bridgehead atoms. The van der Waals surface area contributed by atoms with E-state index in [9.17, 15) is 4.79 Å². The molecule has 0 saturated heterocycles. The Labute approximate surface area is 93.1 Å². The summed E-state index contributed by atoms with van der Waals surface area (Å²) in [4.78, 5) is 13.2. The maximum atomic E-state index is 11.0. The van der Waals surface area contributed by atoms with Crippen molar-refractivity contribution in [3.63, 3.8) is 0 Å². The van der Waals surface area contributed by atoms with Crippen molar-refractivity contribution in [1.29, 1.82) is 0 Å². The van der Waals surface area contributed by atoms with Crippen LogP contribution in [0.15, 0.2) is 12.2 Å². The lowest BCUT2D eigenvalue weighted by atomic mass is 10.1. The molecule has 0 amide bonds. The predicted octanol–water partition coefficient (Wildman–Crippen LogP) is 2.23. The van der Waals surface area contributed by atoms with Crippen molar-refractivity contribution in [2.24, 2.45) is 0 Å². The van der Waals surface area contributed by atoms with Gasteiger partial charge in [0.05, 0.1) is 6.61 Å². The third-order valence-electron chi connectivity index (χ3n) is 2.48. The van der Waals surface area contributed by atoms with Crippen molar-refractivity contribution in [1.82, 2.24) is 4.90 Å². The summed E-state index contributed by atoms with van der Waals surface area (Å²) >= 11 is 0. The zero-order chi connectivity index (χ0) is 11.8. The second-order valence-corrected chi connectivity index (χ2v) is 4.22.